The van der Waals surface area contributed by atoms with Crippen molar-refractivity contribution >= 4 is 0 Å². The van der Waals surface area contributed by atoms with Gasteiger partial charge >= 0.3 is 0 Å². The maximum atomic E-state index is 13.7. The predicted molar refractivity (Wildman–Crippen MR) is 59.6 cm³/mol. The maximum absolute atomic E-state index is 13.7. The Bertz CT molecular complexity index is 552. The van der Waals surface area contributed by atoms with Gasteiger partial charge in [0.15, 0.2) is 11.6 Å². The lowest BCUT2D eigenvalue weighted by Crippen LogP contribution is -2.16. The fourth-order valence-electron chi connectivity index (χ4n) is 2.20. The summed E-state index contributed by atoms with van der Waals surface area (Å²) in [6, 6.07) is 6.48. The minimum atomic E-state index is -0.586. The first kappa shape index (κ1) is 10.4. The zero-order chi connectivity index (χ0) is 11.8. The molecule has 4 nitrogen and oxygen atoms in total. The molecule has 1 aromatic heterocycles. The number of fused-ring (bicyclic) bond motifs is 1. The quantitative estimate of drug-likeness (QED) is 0.818. The summed E-state index contributed by atoms with van der Waals surface area (Å²) in [4.78, 5) is 0. The lowest BCUT2D eigenvalue weighted by molar-refractivity contribution is 0.134. The van der Waals surface area contributed by atoms with E-state index < -0.39 is 6.10 Å². The molecular formula is C12H12FN3O. The highest BCUT2D eigenvalue weighted by molar-refractivity contribution is 5.56. The van der Waals surface area contributed by atoms with Crippen LogP contribution < -0.4 is 0 Å². The van der Waals surface area contributed by atoms with Crippen molar-refractivity contribution in [2.24, 2.45) is 0 Å². The van der Waals surface area contributed by atoms with E-state index in [4.69, 9.17) is 0 Å². The van der Waals surface area contributed by atoms with Crippen LogP contribution in [0.2, 0.25) is 0 Å². The highest BCUT2D eigenvalue weighted by atomic mass is 19.1. The molecule has 0 saturated heterocycles. The topological polar surface area (TPSA) is 50.9 Å². The van der Waals surface area contributed by atoms with E-state index in [1.54, 1.807) is 22.8 Å². The summed E-state index contributed by atoms with van der Waals surface area (Å²) in [7, 11) is 0. The monoisotopic (exact) mass is 233 g/mol. The molecule has 0 amide bonds. The molecule has 1 N–H and O–H groups in total. The van der Waals surface area contributed by atoms with Crippen molar-refractivity contribution in [2.75, 3.05) is 0 Å². The Hall–Kier alpha value is -1.75. The van der Waals surface area contributed by atoms with Gasteiger partial charge in [0.05, 0.1) is 5.56 Å². The molecule has 2 aromatic rings. The molecule has 88 valence electrons. The molecule has 0 bridgehead atoms. The molecule has 1 aromatic carbocycles. The molecule has 0 radical (unpaired) electrons. The van der Waals surface area contributed by atoms with E-state index in [1.165, 1.54) is 6.07 Å². The Morgan fingerprint density at radius 3 is 2.94 bits per heavy atom. The van der Waals surface area contributed by atoms with E-state index in [-0.39, 0.29) is 5.82 Å². The summed E-state index contributed by atoms with van der Waals surface area (Å²) in [5, 5.41) is 17.7. The first-order chi connectivity index (χ1) is 8.27. The van der Waals surface area contributed by atoms with Gasteiger partial charge in [-0.2, -0.15) is 0 Å². The second-order valence-electron chi connectivity index (χ2n) is 4.17. The van der Waals surface area contributed by atoms with E-state index in [0.717, 1.165) is 13.0 Å². The average Bonchev–Trinajstić information content (AvgIpc) is 2.75. The van der Waals surface area contributed by atoms with Crippen LogP contribution in [0.5, 0.6) is 0 Å². The van der Waals surface area contributed by atoms with Crippen molar-refractivity contribution in [3.63, 3.8) is 0 Å². The van der Waals surface area contributed by atoms with Crippen molar-refractivity contribution in [1.29, 1.82) is 0 Å². The van der Waals surface area contributed by atoms with Gasteiger partial charge in [0.2, 0.25) is 0 Å². The molecule has 1 atom stereocenters. The maximum Gasteiger partial charge on any atom is 0.167 e. The normalized spacial score (nSPS) is 19.1. The fraction of sp³-hybridized carbons (Fsp3) is 0.333. The van der Waals surface area contributed by atoms with Gasteiger partial charge in [0, 0.05) is 6.54 Å². The Kier molecular flexibility index (Phi) is 2.40. The largest absolute Gasteiger partial charge is 0.385 e. The lowest BCUT2D eigenvalue weighted by Gasteiger charge is -2.19. The number of aromatic nitrogens is 3. The van der Waals surface area contributed by atoms with Crippen LogP contribution in [0.1, 0.15) is 24.8 Å². The second kappa shape index (κ2) is 3.92. The van der Waals surface area contributed by atoms with E-state index >= 15 is 0 Å². The summed E-state index contributed by atoms with van der Waals surface area (Å²) in [6.07, 6.45) is 0.958. The van der Waals surface area contributed by atoms with E-state index in [1.807, 2.05) is 0 Å². The van der Waals surface area contributed by atoms with Crippen LogP contribution in [0.15, 0.2) is 24.3 Å². The molecule has 0 fully saturated rings. The fourth-order valence-corrected chi connectivity index (χ4v) is 2.20. The van der Waals surface area contributed by atoms with Crippen LogP contribution in [0.3, 0.4) is 0 Å². The van der Waals surface area contributed by atoms with Gasteiger partial charge in [0.1, 0.15) is 11.9 Å². The van der Waals surface area contributed by atoms with E-state index in [0.29, 0.717) is 23.6 Å². The van der Waals surface area contributed by atoms with Crippen molar-refractivity contribution < 1.29 is 9.50 Å². The smallest absolute Gasteiger partial charge is 0.167 e. The molecule has 5 heteroatoms. The summed E-state index contributed by atoms with van der Waals surface area (Å²) in [5.74, 6) is 0.717. The third-order valence-electron chi connectivity index (χ3n) is 3.05. The molecule has 0 saturated carbocycles. The summed E-state index contributed by atoms with van der Waals surface area (Å²) >= 11 is 0. The third-order valence-corrected chi connectivity index (χ3v) is 3.05. The number of benzene rings is 1. The number of hydrogen-bond donors (Lipinski definition) is 1. The third kappa shape index (κ3) is 1.63. The van der Waals surface area contributed by atoms with Crippen LogP contribution in [-0.2, 0) is 6.54 Å². The Morgan fingerprint density at radius 1 is 1.29 bits per heavy atom. The van der Waals surface area contributed by atoms with Crippen LogP contribution in [0.25, 0.3) is 11.4 Å². The molecule has 0 spiro atoms. The average molecular weight is 233 g/mol. The molecule has 3 rings (SSSR count). The Morgan fingerprint density at radius 2 is 2.12 bits per heavy atom. The lowest BCUT2D eigenvalue weighted by atomic mass is 10.1. The van der Waals surface area contributed by atoms with Crippen molar-refractivity contribution in [1.82, 2.24) is 14.8 Å². The number of aliphatic hydroxyl groups excluding tert-OH is 1. The van der Waals surface area contributed by atoms with Crippen LogP contribution >= 0.6 is 0 Å². The van der Waals surface area contributed by atoms with Crippen LogP contribution in [0, 0.1) is 5.82 Å². The standard InChI is InChI=1S/C12H12FN3O/c13-9-5-2-1-4-8(9)11-14-15-12-10(17)6-3-7-16(11)12/h1-2,4-5,10,17H,3,6-7H2. The van der Waals surface area contributed by atoms with E-state index in [9.17, 15) is 9.50 Å². The zero-order valence-corrected chi connectivity index (χ0v) is 9.17. The number of halogens is 1. The van der Waals surface area contributed by atoms with Gasteiger partial charge in [-0.3, -0.25) is 0 Å². The van der Waals surface area contributed by atoms with Gasteiger partial charge in [-0.1, -0.05) is 12.1 Å². The highest BCUT2D eigenvalue weighted by Gasteiger charge is 2.24. The van der Waals surface area contributed by atoms with Gasteiger partial charge in [-0.25, -0.2) is 4.39 Å². The highest BCUT2D eigenvalue weighted by Crippen LogP contribution is 2.29. The first-order valence-corrected chi connectivity index (χ1v) is 5.63. The van der Waals surface area contributed by atoms with Crippen molar-refractivity contribution in [3.05, 3.63) is 35.9 Å². The number of rotatable bonds is 1. The predicted octanol–water partition coefficient (Wildman–Crippen LogP) is 1.91. The molecule has 1 unspecified atom stereocenters. The minimum Gasteiger partial charge on any atom is -0.385 e. The minimum absolute atomic E-state index is 0.317. The summed E-state index contributed by atoms with van der Waals surface area (Å²) in [5.41, 5.74) is 0.431. The van der Waals surface area contributed by atoms with Crippen molar-refractivity contribution in [2.45, 2.75) is 25.5 Å². The molecular weight excluding hydrogens is 221 g/mol. The van der Waals surface area contributed by atoms with Gasteiger partial charge in [-0.15, -0.1) is 10.2 Å². The van der Waals surface area contributed by atoms with Gasteiger partial charge < -0.3 is 9.67 Å². The SMILES string of the molecule is OC1CCCn2c(-c3ccccc3F)nnc21. The Labute approximate surface area is 97.7 Å². The summed E-state index contributed by atoms with van der Waals surface area (Å²) in [6.45, 7) is 0.725. The number of nitrogens with zero attached hydrogens (tertiary/aromatic N) is 3. The molecule has 2 heterocycles. The van der Waals surface area contributed by atoms with Crippen LogP contribution in [-0.4, -0.2) is 19.9 Å². The van der Waals surface area contributed by atoms with Crippen molar-refractivity contribution in [3.8, 4) is 11.4 Å². The molecule has 1 aliphatic heterocycles. The van der Waals surface area contributed by atoms with Crippen LogP contribution in [0.4, 0.5) is 4.39 Å². The van der Waals surface area contributed by atoms with Gasteiger partial charge in [-0.05, 0) is 25.0 Å². The Balaban J connectivity index is 2.14. The van der Waals surface area contributed by atoms with Gasteiger partial charge in [0.25, 0.3) is 0 Å². The molecule has 0 aliphatic carbocycles. The first-order valence-electron chi connectivity index (χ1n) is 5.63. The number of hydrogen-bond acceptors (Lipinski definition) is 3. The van der Waals surface area contributed by atoms with E-state index in [2.05, 4.69) is 10.2 Å². The zero-order valence-electron chi connectivity index (χ0n) is 9.17. The second-order valence-corrected chi connectivity index (χ2v) is 4.17. The summed E-state index contributed by atoms with van der Waals surface area (Å²) < 4.78 is 15.5. The molecule has 1 aliphatic rings. The number of aliphatic hydroxyl groups is 1. The molecule has 17 heavy (non-hydrogen) atoms.